The predicted octanol–water partition coefficient (Wildman–Crippen LogP) is 0.789. The molecule has 0 atom stereocenters. The lowest BCUT2D eigenvalue weighted by atomic mass is 10.1. The van der Waals surface area contributed by atoms with E-state index in [4.69, 9.17) is 4.74 Å². The average molecular weight is 285 g/mol. The van der Waals surface area contributed by atoms with Crippen molar-refractivity contribution in [1.29, 1.82) is 0 Å². The number of amides is 1. The van der Waals surface area contributed by atoms with E-state index in [1.165, 1.54) is 0 Å². The lowest BCUT2D eigenvalue weighted by Gasteiger charge is -2.08. The topological polar surface area (TPSA) is 72.5 Å². The standard InChI is InChI=1S/C13H19NO4S/c1-18-12-6-4-3-5-11(12)7-9-14-13(15)8-10-19(2,16)17/h3-6H,7-10H2,1-2H3,(H,14,15). The van der Waals surface area contributed by atoms with Crippen molar-refractivity contribution in [2.24, 2.45) is 0 Å². The van der Waals surface area contributed by atoms with Gasteiger partial charge in [0, 0.05) is 19.2 Å². The van der Waals surface area contributed by atoms with Crippen molar-refractivity contribution in [3.05, 3.63) is 29.8 Å². The van der Waals surface area contributed by atoms with E-state index in [9.17, 15) is 13.2 Å². The van der Waals surface area contributed by atoms with Crippen molar-refractivity contribution in [2.75, 3.05) is 25.7 Å². The summed E-state index contributed by atoms with van der Waals surface area (Å²) >= 11 is 0. The van der Waals surface area contributed by atoms with E-state index in [-0.39, 0.29) is 18.1 Å². The van der Waals surface area contributed by atoms with Crippen LogP contribution in [0.2, 0.25) is 0 Å². The number of ether oxygens (including phenoxy) is 1. The molecule has 1 rings (SSSR count). The SMILES string of the molecule is COc1ccccc1CCNC(=O)CCS(C)(=O)=O. The smallest absolute Gasteiger partial charge is 0.221 e. The Morgan fingerprint density at radius 2 is 2.00 bits per heavy atom. The van der Waals surface area contributed by atoms with Crippen LogP contribution in [-0.2, 0) is 21.1 Å². The highest BCUT2D eigenvalue weighted by atomic mass is 32.2. The Morgan fingerprint density at radius 1 is 1.32 bits per heavy atom. The van der Waals surface area contributed by atoms with Gasteiger partial charge in [0.2, 0.25) is 5.91 Å². The fourth-order valence-electron chi connectivity index (χ4n) is 1.61. The molecule has 0 radical (unpaired) electrons. The van der Waals surface area contributed by atoms with Gasteiger partial charge < -0.3 is 10.1 Å². The summed E-state index contributed by atoms with van der Waals surface area (Å²) in [5, 5.41) is 2.70. The average Bonchev–Trinajstić information content (AvgIpc) is 2.36. The van der Waals surface area contributed by atoms with Crippen molar-refractivity contribution >= 4 is 15.7 Å². The Labute approximate surface area is 113 Å². The van der Waals surface area contributed by atoms with Crippen molar-refractivity contribution in [3.8, 4) is 5.75 Å². The molecule has 0 saturated heterocycles. The largest absolute Gasteiger partial charge is 0.496 e. The molecule has 19 heavy (non-hydrogen) atoms. The van der Waals surface area contributed by atoms with Gasteiger partial charge in [0.25, 0.3) is 0 Å². The number of rotatable bonds is 7. The zero-order valence-electron chi connectivity index (χ0n) is 11.2. The molecule has 5 nitrogen and oxygen atoms in total. The van der Waals surface area contributed by atoms with Gasteiger partial charge in [-0.3, -0.25) is 4.79 Å². The number of sulfone groups is 1. The van der Waals surface area contributed by atoms with Crippen molar-refractivity contribution in [2.45, 2.75) is 12.8 Å². The minimum absolute atomic E-state index is 0.00472. The molecular formula is C13H19NO4S. The van der Waals surface area contributed by atoms with Crippen molar-refractivity contribution < 1.29 is 17.9 Å². The van der Waals surface area contributed by atoms with E-state index in [2.05, 4.69) is 5.32 Å². The molecule has 106 valence electrons. The van der Waals surface area contributed by atoms with Crippen LogP contribution >= 0.6 is 0 Å². The Bertz CT molecular complexity index is 525. The molecule has 0 saturated carbocycles. The third kappa shape index (κ3) is 6.24. The summed E-state index contributed by atoms with van der Waals surface area (Å²) in [4.78, 5) is 11.4. The maximum atomic E-state index is 11.4. The van der Waals surface area contributed by atoms with E-state index in [0.717, 1.165) is 17.6 Å². The molecule has 1 amide bonds. The first-order valence-electron chi connectivity index (χ1n) is 5.98. The second kappa shape index (κ2) is 7.13. The number of hydrogen-bond acceptors (Lipinski definition) is 4. The van der Waals surface area contributed by atoms with Gasteiger partial charge in [0.15, 0.2) is 0 Å². The molecule has 0 aliphatic carbocycles. The van der Waals surface area contributed by atoms with E-state index in [0.29, 0.717) is 13.0 Å². The monoisotopic (exact) mass is 285 g/mol. The quantitative estimate of drug-likeness (QED) is 0.804. The molecule has 0 aromatic heterocycles. The molecule has 0 heterocycles. The van der Waals surface area contributed by atoms with Crippen LogP contribution in [0.1, 0.15) is 12.0 Å². The number of nitrogens with one attached hydrogen (secondary N) is 1. The van der Waals surface area contributed by atoms with E-state index in [1.807, 2.05) is 24.3 Å². The molecular weight excluding hydrogens is 266 g/mol. The third-order valence-corrected chi connectivity index (χ3v) is 3.55. The predicted molar refractivity (Wildman–Crippen MR) is 74.0 cm³/mol. The molecule has 1 aromatic carbocycles. The second-order valence-corrected chi connectivity index (χ2v) is 6.55. The number of methoxy groups -OCH3 is 1. The summed E-state index contributed by atoms with van der Waals surface area (Å²) in [6, 6.07) is 7.58. The summed E-state index contributed by atoms with van der Waals surface area (Å²) in [6.45, 7) is 0.461. The summed E-state index contributed by atoms with van der Waals surface area (Å²) in [7, 11) is -1.49. The van der Waals surface area contributed by atoms with Crippen LogP contribution in [-0.4, -0.2) is 40.0 Å². The van der Waals surface area contributed by atoms with Crippen LogP contribution in [0.3, 0.4) is 0 Å². The fourth-order valence-corrected chi connectivity index (χ4v) is 2.17. The third-order valence-electron chi connectivity index (χ3n) is 2.61. The normalized spacial score (nSPS) is 11.1. The number of benzene rings is 1. The summed E-state index contributed by atoms with van der Waals surface area (Å²) in [6.07, 6.45) is 1.77. The van der Waals surface area contributed by atoms with Gasteiger partial charge in [-0.15, -0.1) is 0 Å². The Balaban J connectivity index is 2.36. The highest BCUT2D eigenvalue weighted by Crippen LogP contribution is 2.17. The first-order chi connectivity index (χ1) is 8.92. The van der Waals surface area contributed by atoms with E-state index >= 15 is 0 Å². The first-order valence-corrected chi connectivity index (χ1v) is 8.05. The molecule has 0 bridgehead atoms. The lowest BCUT2D eigenvalue weighted by Crippen LogP contribution is -2.27. The maximum Gasteiger partial charge on any atom is 0.221 e. The minimum atomic E-state index is -3.09. The molecule has 1 N–H and O–H groups in total. The molecule has 0 fully saturated rings. The molecule has 0 aliphatic heterocycles. The van der Waals surface area contributed by atoms with Gasteiger partial charge in [-0.2, -0.15) is 0 Å². The Hall–Kier alpha value is -1.56. The summed E-state index contributed by atoms with van der Waals surface area (Å²) < 4.78 is 27.0. The van der Waals surface area contributed by atoms with Gasteiger partial charge in [0.1, 0.15) is 15.6 Å². The zero-order valence-corrected chi connectivity index (χ0v) is 12.0. The highest BCUT2D eigenvalue weighted by molar-refractivity contribution is 7.90. The van der Waals surface area contributed by atoms with Gasteiger partial charge in [0.05, 0.1) is 12.9 Å². The first kappa shape index (κ1) is 15.5. The van der Waals surface area contributed by atoms with Crippen LogP contribution in [0.25, 0.3) is 0 Å². The van der Waals surface area contributed by atoms with Gasteiger partial charge >= 0.3 is 0 Å². The van der Waals surface area contributed by atoms with Crippen LogP contribution in [0.15, 0.2) is 24.3 Å². The minimum Gasteiger partial charge on any atom is -0.496 e. The van der Waals surface area contributed by atoms with Crippen LogP contribution in [0, 0.1) is 0 Å². The molecule has 0 unspecified atom stereocenters. The Kier molecular flexibility index (Phi) is 5.82. The number of carbonyl (C=O) groups is 1. The lowest BCUT2D eigenvalue weighted by molar-refractivity contribution is -0.120. The summed E-state index contributed by atoms with van der Waals surface area (Å²) in [5.74, 6) is 0.418. The number of hydrogen-bond donors (Lipinski definition) is 1. The van der Waals surface area contributed by atoms with Gasteiger partial charge in [-0.1, -0.05) is 18.2 Å². The zero-order chi connectivity index (χ0) is 14.3. The van der Waals surface area contributed by atoms with Gasteiger partial charge in [-0.25, -0.2) is 8.42 Å². The maximum absolute atomic E-state index is 11.4. The van der Waals surface area contributed by atoms with Gasteiger partial charge in [-0.05, 0) is 18.1 Å². The van der Waals surface area contributed by atoms with E-state index < -0.39 is 9.84 Å². The van der Waals surface area contributed by atoms with E-state index in [1.54, 1.807) is 7.11 Å². The number of carbonyl (C=O) groups excluding carboxylic acids is 1. The van der Waals surface area contributed by atoms with Crippen molar-refractivity contribution in [1.82, 2.24) is 5.32 Å². The van der Waals surface area contributed by atoms with Crippen LogP contribution in [0.4, 0.5) is 0 Å². The molecule has 6 heteroatoms. The van der Waals surface area contributed by atoms with Crippen molar-refractivity contribution in [3.63, 3.8) is 0 Å². The van der Waals surface area contributed by atoms with Crippen LogP contribution in [0.5, 0.6) is 5.75 Å². The molecule has 0 spiro atoms. The second-order valence-electron chi connectivity index (χ2n) is 4.29. The fraction of sp³-hybridized carbons (Fsp3) is 0.462. The number of para-hydroxylation sites is 1. The highest BCUT2D eigenvalue weighted by Gasteiger charge is 2.08. The Morgan fingerprint density at radius 3 is 2.63 bits per heavy atom. The molecule has 1 aromatic rings. The van der Waals surface area contributed by atoms with Crippen LogP contribution < -0.4 is 10.1 Å². The molecule has 0 aliphatic rings. The summed E-state index contributed by atoms with van der Waals surface area (Å²) in [5.41, 5.74) is 1.01.